The number of piperidine rings is 1. The molecule has 4 nitrogen and oxygen atoms in total. The third-order valence-electron chi connectivity index (χ3n) is 6.66. The molecule has 1 aliphatic carbocycles. The number of nitrogens with one attached hydrogen (secondary N) is 2. The summed E-state index contributed by atoms with van der Waals surface area (Å²) in [5, 5.41) is 7.49. The smallest absolute Gasteiger partial charge is 0.490 e. The maximum atomic E-state index is 12.7. The Labute approximate surface area is 204 Å². The van der Waals surface area contributed by atoms with Gasteiger partial charge in [0.15, 0.2) is 0 Å². The molecule has 0 unspecified atom stereocenters. The highest BCUT2D eigenvalue weighted by atomic mass is 35.5. The van der Waals surface area contributed by atoms with Crippen molar-refractivity contribution in [2.45, 2.75) is 75.2 Å². The Morgan fingerprint density at radius 2 is 1.73 bits per heavy atom. The first-order valence-electron chi connectivity index (χ1n) is 11.0. The van der Waals surface area contributed by atoms with Gasteiger partial charge < -0.3 is 20.1 Å². The number of hydrogen-bond acceptors (Lipinski definition) is 4. The zero-order valence-corrected chi connectivity index (χ0v) is 19.7. The van der Waals surface area contributed by atoms with Gasteiger partial charge in [0.2, 0.25) is 0 Å². The molecule has 182 valence electrons. The van der Waals surface area contributed by atoms with Crippen LogP contribution in [0.2, 0.25) is 0 Å². The Morgan fingerprint density at radius 1 is 0.970 bits per heavy atom. The van der Waals surface area contributed by atoms with Gasteiger partial charge >= 0.3 is 6.36 Å². The van der Waals surface area contributed by atoms with Crippen molar-refractivity contribution >= 4 is 24.8 Å². The molecule has 0 spiro atoms. The Morgan fingerprint density at radius 3 is 2.42 bits per heavy atom. The SMILES string of the molecule is Cl.Cl.FC(F)(F)Oc1ccc(OC2CC2)c(CN[C@@H]2CC[C@H]3CC[C@]2(c2ccccc2)N3)c1. The summed E-state index contributed by atoms with van der Waals surface area (Å²) in [5.74, 6) is 0.416. The van der Waals surface area contributed by atoms with Gasteiger partial charge in [-0.3, -0.25) is 0 Å². The van der Waals surface area contributed by atoms with Crippen LogP contribution in [-0.4, -0.2) is 24.6 Å². The lowest BCUT2D eigenvalue weighted by atomic mass is 9.79. The third-order valence-corrected chi connectivity index (χ3v) is 6.66. The van der Waals surface area contributed by atoms with Gasteiger partial charge in [0.05, 0.1) is 11.6 Å². The van der Waals surface area contributed by atoms with E-state index < -0.39 is 6.36 Å². The molecule has 2 heterocycles. The fourth-order valence-electron chi connectivity index (χ4n) is 5.06. The monoisotopic (exact) mass is 504 g/mol. The van der Waals surface area contributed by atoms with Crippen molar-refractivity contribution < 1.29 is 22.6 Å². The molecule has 0 aromatic heterocycles. The minimum atomic E-state index is -4.72. The summed E-state index contributed by atoms with van der Waals surface area (Å²) >= 11 is 0. The summed E-state index contributed by atoms with van der Waals surface area (Å²) in [6.45, 7) is 0.419. The molecule has 2 aromatic carbocycles. The molecule has 2 bridgehead atoms. The molecule has 2 N–H and O–H groups in total. The first-order valence-corrected chi connectivity index (χ1v) is 11.0. The van der Waals surface area contributed by atoms with Gasteiger partial charge in [-0.2, -0.15) is 0 Å². The number of ether oxygens (including phenoxy) is 2. The summed E-state index contributed by atoms with van der Waals surface area (Å²) in [7, 11) is 0. The molecule has 1 saturated carbocycles. The van der Waals surface area contributed by atoms with Gasteiger partial charge in [-0.25, -0.2) is 0 Å². The van der Waals surface area contributed by atoms with Gasteiger partial charge in [-0.05, 0) is 62.3 Å². The number of alkyl halides is 3. The van der Waals surface area contributed by atoms with E-state index in [-0.39, 0.29) is 48.2 Å². The van der Waals surface area contributed by atoms with E-state index in [1.165, 1.54) is 17.7 Å². The zero-order chi connectivity index (χ0) is 21.5. The summed E-state index contributed by atoms with van der Waals surface area (Å²) in [4.78, 5) is 0. The third kappa shape index (κ3) is 5.88. The molecule has 0 amide bonds. The highest BCUT2D eigenvalue weighted by Gasteiger charge is 2.49. The predicted molar refractivity (Wildman–Crippen MR) is 125 cm³/mol. The average Bonchev–Trinajstić information content (AvgIpc) is 3.50. The topological polar surface area (TPSA) is 42.5 Å². The molecule has 9 heteroatoms. The van der Waals surface area contributed by atoms with Gasteiger partial charge in [0, 0.05) is 24.2 Å². The highest BCUT2D eigenvalue weighted by molar-refractivity contribution is 5.85. The van der Waals surface area contributed by atoms with Crippen molar-refractivity contribution in [2.24, 2.45) is 0 Å². The van der Waals surface area contributed by atoms with Crippen LogP contribution in [0.5, 0.6) is 11.5 Å². The van der Waals surface area contributed by atoms with Crippen molar-refractivity contribution in [3.8, 4) is 11.5 Å². The second kappa shape index (κ2) is 10.3. The van der Waals surface area contributed by atoms with Crippen LogP contribution in [0.4, 0.5) is 13.2 Å². The Bertz CT molecular complexity index is 928. The Hall–Kier alpha value is -1.67. The summed E-state index contributed by atoms with van der Waals surface area (Å²) in [5.41, 5.74) is 1.80. The van der Waals surface area contributed by atoms with E-state index in [0.29, 0.717) is 23.9 Å². The number of halogens is 5. The molecule has 3 atom stereocenters. The van der Waals surface area contributed by atoms with Gasteiger partial charge in [0.1, 0.15) is 11.5 Å². The number of benzene rings is 2. The highest BCUT2D eigenvalue weighted by Crippen LogP contribution is 2.43. The standard InChI is InChI=1S/C24H27F3N2O2.2ClH/c25-24(26,27)31-20-9-10-21(30-19-7-8-19)16(14-20)15-28-22-11-6-18-12-13-23(22,29-18)17-4-2-1-3-5-17;;/h1-5,9-10,14,18-19,22,28-29H,6-8,11-13,15H2;2*1H/t18-,22+,23+;;/m0../s1. The lowest BCUT2D eigenvalue weighted by Crippen LogP contribution is -2.58. The number of fused-ring (bicyclic) bond motifs is 2. The number of hydrogen-bond donors (Lipinski definition) is 2. The molecule has 5 rings (SSSR count). The van der Waals surface area contributed by atoms with Crippen LogP contribution in [0.15, 0.2) is 48.5 Å². The minimum Gasteiger partial charge on any atom is -0.490 e. The lowest BCUT2D eigenvalue weighted by Gasteiger charge is -2.43. The molecular weight excluding hydrogens is 476 g/mol. The van der Waals surface area contributed by atoms with Crippen LogP contribution in [0.3, 0.4) is 0 Å². The van der Waals surface area contributed by atoms with E-state index in [0.717, 1.165) is 38.5 Å². The minimum absolute atomic E-state index is 0. The van der Waals surface area contributed by atoms with Crippen LogP contribution in [0.1, 0.15) is 49.7 Å². The van der Waals surface area contributed by atoms with Crippen LogP contribution >= 0.6 is 24.8 Å². The fraction of sp³-hybridized carbons (Fsp3) is 0.500. The molecule has 3 aliphatic rings. The first kappa shape index (κ1) is 25.9. The lowest BCUT2D eigenvalue weighted by molar-refractivity contribution is -0.274. The normalized spacial score (nSPS) is 26.2. The Kier molecular flexibility index (Phi) is 8.10. The van der Waals surface area contributed by atoms with Gasteiger partial charge in [-0.1, -0.05) is 30.3 Å². The van der Waals surface area contributed by atoms with E-state index in [1.54, 1.807) is 6.07 Å². The maximum Gasteiger partial charge on any atom is 0.573 e. The van der Waals surface area contributed by atoms with Crippen molar-refractivity contribution in [1.29, 1.82) is 0 Å². The van der Waals surface area contributed by atoms with E-state index >= 15 is 0 Å². The summed E-state index contributed by atoms with van der Waals surface area (Å²) in [6.07, 6.45) is 1.71. The van der Waals surface area contributed by atoms with Crippen molar-refractivity contribution in [1.82, 2.24) is 10.6 Å². The second-order valence-electron chi connectivity index (χ2n) is 8.86. The van der Waals surface area contributed by atoms with E-state index in [4.69, 9.17) is 4.74 Å². The van der Waals surface area contributed by atoms with Crippen molar-refractivity contribution in [3.05, 3.63) is 59.7 Å². The quantitative estimate of drug-likeness (QED) is 0.494. The average molecular weight is 505 g/mol. The summed E-state index contributed by atoms with van der Waals surface area (Å²) < 4.78 is 48.3. The molecule has 33 heavy (non-hydrogen) atoms. The van der Waals surface area contributed by atoms with E-state index in [9.17, 15) is 13.2 Å². The van der Waals surface area contributed by atoms with Crippen LogP contribution in [0.25, 0.3) is 0 Å². The first-order chi connectivity index (χ1) is 14.9. The molecule has 2 saturated heterocycles. The van der Waals surface area contributed by atoms with E-state index in [1.807, 2.05) is 6.07 Å². The Balaban J connectivity index is 0.00000153. The van der Waals surface area contributed by atoms with Crippen LogP contribution < -0.4 is 20.1 Å². The largest absolute Gasteiger partial charge is 0.573 e. The number of rotatable bonds is 7. The van der Waals surface area contributed by atoms with Gasteiger partial charge in [0.25, 0.3) is 0 Å². The molecule has 0 radical (unpaired) electrons. The molecular formula is C24H29Cl2F3N2O2. The molecule has 2 aromatic rings. The maximum absolute atomic E-state index is 12.7. The molecule has 3 fully saturated rings. The second-order valence-corrected chi connectivity index (χ2v) is 8.86. The van der Waals surface area contributed by atoms with Gasteiger partial charge in [-0.15, -0.1) is 38.0 Å². The fourth-order valence-corrected chi connectivity index (χ4v) is 5.06. The summed E-state index contributed by atoms with van der Waals surface area (Å²) in [6, 6.07) is 15.5. The van der Waals surface area contributed by atoms with Crippen molar-refractivity contribution in [2.75, 3.05) is 0 Å². The zero-order valence-electron chi connectivity index (χ0n) is 18.1. The van der Waals surface area contributed by atoms with Crippen molar-refractivity contribution in [3.63, 3.8) is 0 Å². The van der Waals surface area contributed by atoms with Crippen LogP contribution in [-0.2, 0) is 12.1 Å². The molecule has 2 aliphatic heterocycles. The predicted octanol–water partition coefficient (Wildman–Crippen LogP) is 5.87. The van der Waals surface area contributed by atoms with Crippen LogP contribution in [0, 0.1) is 0 Å². The van der Waals surface area contributed by atoms with E-state index in [2.05, 4.69) is 39.6 Å².